The van der Waals surface area contributed by atoms with Crippen LogP contribution in [0, 0.1) is 23.7 Å². The van der Waals surface area contributed by atoms with E-state index >= 15 is 0 Å². The Morgan fingerprint density at radius 1 is 0.787 bits per heavy atom. The van der Waals surface area contributed by atoms with E-state index in [1.807, 2.05) is 97.1 Å². The van der Waals surface area contributed by atoms with E-state index in [0.717, 1.165) is 11.1 Å². The Kier molecular flexibility index (Phi) is 7.03. The molecule has 1 aromatic heterocycles. The number of furan rings is 1. The number of amides is 2. The van der Waals surface area contributed by atoms with Crippen molar-refractivity contribution in [2.45, 2.75) is 37.3 Å². The van der Waals surface area contributed by atoms with Gasteiger partial charge in [0.05, 0.1) is 29.7 Å². The molecule has 8 rings (SSSR count). The third-order valence-electron chi connectivity index (χ3n) is 10.8. The zero-order valence-electron chi connectivity index (χ0n) is 25.6. The van der Waals surface area contributed by atoms with Crippen molar-refractivity contribution in [1.82, 2.24) is 4.90 Å². The zero-order chi connectivity index (χ0) is 32.3. The second-order valence-electron chi connectivity index (χ2n) is 13.0. The summed E-state index contributed by atoms with van der Waals surface area (Å²) < 4.78 is 6.23. The Bertz CT molecular complexity index is 1960. The molecule has 6 atom stereocenters. The Balaban J connectivity index is 1.32. The highest BCUT2D eigenvalue weighted by atomic mass is 16.4. The summed E-state index contributed by atoms with van der Waals surface area (Å²) in [6, 6.07) is 31.5. The van der Waals surface area contributed by atoms with E-state index in [2.05, 4.69) is 0 Å². The van der Waals surface area contributed by atoms with E-state index in [-0.39, 0.29) is 43.0 Å². The molecule has 0 spiro atoms. The van der Waals surface area contributed by atoms with E-state index in [4.69, 9.17) is 4.42 Å². The van der Waals surface area contributed by atoms with Crippen molar-refractivity contribution in [2.75, 3.05) is 0 Å². The molecule has 3 aromatic carbocycles. The molecular weight excluding hydrogens is 590 g/mol. The van der Waals surface area contributed by atoms with Crippen molar-refractivity contribution in [3.8, 4) is 0 Å². The minimum atomic E-state index is -1.36. The number of hydrogen-bond acceptors (Lipinski definition) is 6. The van der Waals surface area contributed by atoms with E-state index in [0.29, 0.717) is 34.6 Å². The van der Waals surface area contributed by atoms with Crippen molar-refractivity contribution >= 4 is 29.0 Å². The summed E-state index contributed by atoms with van der Waals surface area (Å²) in [5.41, 5.74) is 2.05. The van der Waals surface area contributed by atoms with Gasteiger partial charge in [-0.15, -0.1) is 0 Å². The highest BCUT2D eigenvalue weighted by Crippen LogP contribution is 2.63. The fourth-order valence-corrected chi connectivity index (χ4v) is 8.80. The van der Waals surface area contributed by atoms with E-state index in [9.17, 15) is 24.3 Å². The van der Waals surface area contributed by atoms with Gasteiger partial charge in [0.2, 0.25) is 11.8 Å². The summed E-state index contributed by atoms with van der Waals surface area (Å²) in [7, 11) is 0. The number of rotatable bonds is 6. The first-order chi connectivity index (χ1) is 22.9. The largest absolute Gasteiger partial charge is 0.463 e. The number of Topliss-reactive ketones (excluding diaryl/α,β-unsaturated/α-hetero) is 1. The van der Waals surface area contributed by atoms with Crippen LogP contribution in [-0.2, 0) is 37.7 Å². The zero-order valence-corrected chi connectivity index (χ0v) is 25.6. The van der Waals surface area contributed by atoms with Crippen molar-refractivity contribution < 1.29 is 28.7 Å². The SMILES string of the molecule is O=C1C(c2ccccc2)=CC(=O)[C@@]2(c3ccccc3)[C@@H](c3ccc(CO)o3)C3=CC[C@@H]4C(=O)N(Cc5ccccc5)C(=O)[C@@H]4[C@@H]3C[C@@H]12. The smallest absolute Gasteiger partial charge is 0.234 e. The number of likely N-dealkylation sites (tertiary alicyclic amines) is 1. The minimum absolute atomic E-state index is 0.169. The first-order valence-corrected chi connectivity index (χ1v) is 16.1. The highest BCUT2D eigenvalue weighted by Gasteiger charge is 2.66. The van der Waals surface area contributed by atoms with Gasteiger partial charge in [0.25, 0.3) is 0 Å². The van der Waals surface area contributed by atoms with Crippen LogP contribution in [0.4, 0.5) is 0 Å². The lowest BCUT2D eigenvalue weighted by molar-refractivity contribution is -0.141. The second kappa shape index (κ2) is 11.3. The van der Waals surface area contributed by atoms with Gasteiger partial charge < -0.3 is 9.52 Å². The standard InChI is InChI=1S/C40H33NO6/c42-23-27-16-19-33(47-27)36-28-17-18-29-35(39(46)41(38(29)45)22-24-10-4-1-5-11-24)31(28)20-32-37(44)30(25-12-6-2-7-13-25)21-34(43)40(32,36)26-14-8-3-9-15-26/h1-17,19,21,29,31-32,35-36,42H,18,20,22-23H2/t29-,31+,32-,35-,36+,40-/m0/s1. The average molecular weight is 624 g/mol. The topological polar surface area (TPSA) is 105 Å². The summed E-state index contributed by atoms with van der Waals surface area (Å²) in [5.74, 6) is -3.27. The molecule has 3 aliphatic carbocycles. The molecule has 2 fully saturated rings. The van der Waals surface area contributed by atoms with E-state index in [1.54, 1.807) is 12.1 Å². The van der Waals surface area contributed by atoms with Crippen molar-refractivity contribution in [3.05, 3.63) is 149 Å². The number of allylic oxidation sites excluding steroid dienone is 4. The molecule has 7 heteroatoms. The van der Waals surface area contributed by atoms with Gasteiger partial charge in [-0.05, 0) is 53.7 Å². The Labute approximate surface area is 272 Å². The van der Waals surface area contributed by atoms with Gasteiger partial charge in [0.15, 0.2) is 11.6 Å². The van der Waals surface area contributed by atoms with E-state index < -0.39 is 35.0 Å². The average Bonchev–Trinajstić information content (AvgIpc) is 3.69. The molecule has 7 nitrogen and oxygen atoms in total. The molecule has 234 valence electrons. The Morgan fingerprint density at radius 2 is 1.47 bits per heavy atom. The maximum atomic E-state index is 14.9. The molecule has 1 aliphatic heterocycles. The molecule has 1 N–H and O–H groups in total. The van der Waals surface area contributed by atoms with Gasteiger partial charge in [0.1, 0.15) is 18.1 Å². The molecule has 2 amide bonds. The minimum Gasteiger partial charge on any atom is -0.463 e. The molecule has 0 radical (unpaired) electrons. The van der Waals surface area contributed by atoms with E-state index in [1.165, 1.54) is 11.0 Å². The van der Waals surface area contributed by atoms with Crippen LogP contribution < -0.4 is 0 Å². The lowest BCUT2D eigenvalue weighted by Crippen LogP contribution is -2.58. The number of ketones is 2. The molecule has 1 saturated heterocycles. The Morgan fingerprint density at radius 3 is 2.15 bits per heavy atom. The van der Waals surface area contributed by atoms with Crippen LogP contribution in [0.1, 0.15) is 47.0 Å². The lowest BCUT2D eigenvalue weighted by atomic mass is 9.45. The maximum Gasteiger partial charge on any atom is 0.234 e. The number of fused-ring (bicyclic) bond motifs is 4. The highest BCUT2D eigenvalue weighted by molar-refractivity contribution is 6.31. The molecule has 2 heterocycles. The number of carbonyl (C=O) groups excluding carboxylic acids is 4. The second-order valence-corrected chi connectivity index (χ2v) is 13.0. The van der Waals surface area contributed by atoms with Gasteiger partial charge in [-0.2, -0.15) is 0 Å². The summed E-state index contributed by atoms with van der Waals surface area (Å²) in [6.07, 6.45) is 4.09. The Hall–Kier alpha value is -5.14. The lowest BCUT2D eigenvalue weighted by Gasteiger charge is -2.54. The number of aliphatic hydroxyl groups excluding tert-OH is 1. The van der Waals surface area contributed by atoms with Crippen LogP contribution in [0.5, 0.6) is 0 Å². The van der Waals surface area contributed by atoms with Gasteiger partial charge in [0, 0.05) is 11.5 Å². The fourth-order valence-electron chi connectivity index (χ4n) is 8.80. The molecule has 4 aromatic rings. The third-order valence-corrected chi connectivity index (χ3v) is 10.8. The molecule has 1 saturated carbocycles. The van der Waals surface area contributed by atoms with Gasteiger partial charge in [-0.25, -0.2) is 0 Å². The predicted molar refractivity (Wildman–Crippen MR) is 173 cm³/mol. The summed E-state index contributed by atoms with van der Waals surface area (Å²) in [4.78, 5) is 59.3. The maximum absolute atomic E-state index is 14.9. The van der Waals surface area contributed by atoms with Crippen LogP contribution in [0.3, 0.4) is 0 Å². The van der Waals surface area contributed by atoms with Crippen molar-refractivity contribution in [3.63, 3.8) is 0 Å². The summed E-state index contributed by atoms with van der Waals surface area (Å²) >= 11 is 0. The van der Waals surface area contributed by atoms with Crippen LogP contribution in [0.15, 0.2) is 125 Å². The molecule has 47 heavy (non-hydrogen) atoms. The van der Waals surface area contributed by atoms with Crippen molar-refractivity contribution in [2.24, 2.45) is 23.7 Å². The van der Waals surface area contributed by atoms with Gasteiger partial charge in [-0.1, -0.05) is 103 Å². The molecule has 0 unspecified atom stereocenters. The van der Waals surface area contributed by atoms with Crippen LogP contribution in [0.25, 0.3) is 5.57 Å². The van der Waals surface area contributed by atoms with Gasteiger partial charge >= 0.3 is 0 Å². The number of nitrogens with zero attached hydrogens (tertiary/aromatic N) is 1. The molecule has 4 aliphatic rings. The first-order valence-electron chi connectivity index (χ1n) is 16.1. The van der Waals surface area contributed by atoms with Crippen molar-refractivity contribution in [1.29, 1.82) is 0 Å². The van der Waals surface area contributed by atoms with Crippen LogP contribution in [-0.4, -0.2) is 33.4 Å². The number of benzene rings is 3. The monoisotopic (exact) mass is 623 g/mol. The molecular formula is C40H33NO6. The quantitative estimate of drug-likeness (QED) is 0.215. The summed E-state index contributed by atoms with van der Waals surface area (Å²) in [6.45, 7) is -0.140. The fraction of sp³-hybridized carbons (Fsp3) is 0.250. The molecule has 0 bridgehead atoms. The number of aliphatic hydroxyl groups is 1. The summed E-state index contributed by atoms with van der Waals surface area (Å²) in [5, 5.41) is 9.96. The number of hydrogen-bond donors (Lipinski definition) is 1. The predicted octanol–water partition coefficient (Wildman–Crippen LogP) is 5.80. The number of carbonyl (C=O) groups is 4. The third kappa shape index (κ3) is 4.37. The normalized spacial score (nSPS) is 28.4. The van der Waals surface area contributed by atoms with Crippen LogP contribution in [0.2, 0.25) is 0 Å². The number of imide groups is 1. The van der Waals surface area contributed by atoms with Crippen LogP contribution >= 0.6 is 0 Å². The van der Waals surface area contributed by atoms with Gasteiger partial charge in [-0.3, -0.25) is 24.1 Å². The first kappa shape index (κ1) is 29.3.